The molecule has 2 unspecified atom stereocenters. The van der Waals surface area contributed by atoms with E-state index in [0.29, 0.717) is 19.2 Å². The van der Waals surface area contributed by atoms with Crippen molar-refractivity contribution in [2.45, 2.75) is 12.8 Å². The van der Waals surface area contributed by atoms with E-state index in [0.717, 1.165) is 18.2 Å². The summed E-state index contributed by atoms with van der Waals surface area (Å²) in [6, 6.07) is 6.36. The molecular formula is C23H22F4N2O3. The lowest BCUT2D eigenvalue weighted by molar-refractivity contribution is -0.162. The molecule has 2 aromatic carbocycles. The first-order chi connectivity index (χ1) is 15.2. The van der Waals surface area contributed by atoms with Crippen molar-refractivity contribution < 1.29 is 31.9 Å². The monoisotopic (exact) mass is 450 g/mol. The van der Waals surface area contributed by atoms with Crippen LogP contribution in [0.1, 0.15) is 21.5 Å². The molecule has 170 valence electrons. The normalized spacial score (nSPS) is 23.0. The van der Waals surface area contributed by atoms with Gasteiger partial charge in [-0.2, -0.15) is 8.78 Å². The van der Waals surface area contributed by atoms with Crippen LogP contribution >= 0.6 is 0 Å². The number of aryl methyl sites for hydroxylation is 1. The summed E-state index contributed by atoms with van der Waals surface area (Å²) in [5, 5.41) is 5.57. The molecule has 2 heterocycles. The lowest BCUT2D eigenvalue weighted by Crippen LogP contribution is -2.55. The number of rotatable bonds is 5. The van der Waals surface area contributed by atoms with Crippen LogP contribution in [0, 0.1) is 36.3 Å². The summed E-state index contributed by atoms with van der Waals surface area (Å²) in [7, 11) is 0. The van der Waals surface area contributed by atoms with Crippen LogP contribution in [0.2, 0.25) is 0 Å². The molecule has 2 atom stereocenters. The van der Waals surface area contributed by atoms with Crippen LogP contribution in [0.15, 0.2) is 36.4 Å². The third-order valence-electron chi connectivity index (χ3n) is 6.09. The van der Waals surface area contributed by atoms with Crippen LogP contribution in [0.4, 0.5) is 23.2 Å². The van der Waals surface area contributed by atoms with Crippen LogP contribution in [-0.2, 0) is 15.5 Å². The number of amides is 1. The number of hydrogen-bond donors (Lipinski definition) is 2. The summed E-state index contributed by atoms with van der Waals surface area (Å²) in [5.41, 5.74) is -0.839. The van der Waals surface area contributed by atoms with Gasteiger partial charge in [-0.15, -0.1) is 0 Å². The van der Waals surface area contributed by atoms with Crippen molar-refractivity contribution in [2.24, 2.45) is 17.8 Å². The Morgan fingerprint density at radius 2 is 1.69 bits per heavy atom. The van der Waals surface area contributed by atoms with Gasteiger partial charge >= 0.3 is 5.92 Å². The van der Waals surface area contributed by atoms with Gasteiger partial charge in [0.1, 0.15) is 11.6 Å². The molecule has 2 aromatic rings. The maximum absolute atomic E-state index is 15.2. The van der Waals surface area contributed by atoms with E-state index in [1.807, 2.05) is 0 Å². The fourth-order valence-corrected chi connectivity index (χ4v) is 4.39. The number of piperidine rings is 1. The Morgan fingerprint density at radius 3 is 2.34 bits per heavy atom. The fraction of sp³-hybridized carbons (Fsp3) is 0.391. The fourth-order valence-electron chi connectivity index (χ4n) is 4.39. The summed E-state index contributed by atoms with van der Waals surface area (Å²) >= 11 is 0. The molecule has 2 aliphatic heterocycles. The second kappa shape index (κ2) is 8.63. The largest absolute Gasteiger partial charge is 0.381 e. The summed E-state index contributed by atoms with van der Waals surface area (Å²) in [6.45, 7) is 2.60. The number of anilines is 1. The second-order valence-electron chi connectivity index (χ2n) is 8.29. The zero-order chi connectivity index (χ0) is 23.0. The molecule has 2 fully saturated rings. The maximum Gasteiger partial charge on any atom is 0.333 e. The zero-order valence-corrected chi connectivity index (χ0v) is 17.3. The van der Waals surface area contributed by atoms with Crippen LogP contribution in [-0.4, -0.2) is 38.0 Å². The molecule has 0 aromatic heterocycles. The summed E-state index contributed by atoms with van der Waals surface area (Å²) in [5.74, 6) is -9.78. The minimum absolute atomic E-state index is 0.179. The second-order valence-corrected chi connectivity index (χ2v) is 8.29. The molecule has 2 N–H and O–H groups in total. The van der Waals surface area contributed by atoms with Crippen molar-refractivity contribution in [2.75, 3.05) is 31.6 Å². The number of halogens is 4. The van der Waals surface area contributed by atoms with Gasteiger partial charge in [0, 0.05) is 42.1 Å². The molecule has 2 bridgehead atoms. The van der Waals surface area contributed by atoms with Gasteiger partial charge in [0.15, 0.2) is 0 Å². The number of fused-ring (bicyclic) bond motifs is 2. The predicted molar refractivity (Wildman–Crippen MR) is 109 cm³/mol. The molecule has 0 radical (unpaired) electrons. The number of carbonyl (C=O) groups is 2. The highest BCUT2D eigenvalue weighted by molar-refractivity contribution is 6.04. The van der Waals surface area contributed by atoms with Gasteiger partial charge in [-0.1, -0.05) is 0 Å². The molecule has 0 aliphatic carbocycles. The number of nitrogens with one attached hydrogen (secondary N) is 2. The van der Waals surface area contributed by atoms with Crippen LogP contribution in [0.3, 0.4) is 0 Å². The molecule has 5 nitrogen and oxygen atoms in total. The third kappa shape index (κ3) is 4.14. The molecule has 32 heavy (non-hydrogen) atoms. The van der Waals surface area contributed by atoms with Gasteiger partial charge in [0.05, 0.1) is 18.8 Å². The van der Waals surface area contributed by atoms with E-state index in [-0.39, 0.29) is 30.0 Å². The minimum atomic E-state index is -4.11. The van der Waals surface area contributed by atoms with E-state index in [4.69, 9.17) is 4.74 Å². The number of carbonyl (C=O) groups excluding carboxylic acids is 2. The number of benzene rings is 2. The van der Waals surface area contributed by atoms with Crippen LogP contribution < -0.4 is 10.6 Å². The van der Waals surface area contributed by atoms with Crippen LogP contribution in [0.25, 0.3) is 0 Å². The summed E-state index contributed by atoms with van der Waals surface area (Å²) < 4.78 is 63.7. The Balaban J connectivity index is 1.60. The van der Waals surface area contributed by atoms with Gasteiger partial charge in [0.25, 0.3) is 5.91 Å². The number of alkyl halides is 2. The first-order valence-corrected chi connectivity index (χ1v) is 10.3. The third-order valence-corrected chi connectivity index (χ3v) is 6.09. The SMILES string of the molecule is Cc1cc(NC(=O)c2ccc(F)c(C(F)(F)C(=O)C3C4CNCC3COC4)c2)ccc1F. The first-order valence-electron chi connectivity index (χ1n) is 10.3. The molecule has 0 saturated carbocycles. The lowest BCUT2D eigenvalue weighted by Gasteiger charge is -2.42. The van der Waals surface area contributed by atoms with E-state index in [1.165, 1.54) is 19.1 Å². The van der Waals surface area contributed by atoms with Gasteiger partial charge in [-0.25, -0.2) is 8.78 Å². The van der Waals surface area contributed by atoms with Gasteiger partial charge in [-0.05, 0) is 48.9 Å². The van der Waals surface area contributed by atoms with Crippen molar-refractivity contribution in [3.05, 3.63) is 64.7 Å². The first kappa shape index (κ1) is 22.4. The van der Waals surface area contributed by atoms with E-state index in [2.05, 4.69) is 10.6 Å². The smallest absolute Gasteiger partial charge is 0.333 e. The van der Waals surface area contributed by atoms with Crippen molar-refractivity contribution in [1.29, 1.82) is 0 Å². The molecule has 2 aliphatic rings. The Labute approximate surface area is 182 Å². The Kier molecular flexibility index (Phi) is 6.05. The highest BCUT2D eigenvalue weighted by Gasteiger charge is 2.53. The summed E-state index contributed by atoms with van der Waals surface area (Å²) in [6.07, 6.45) is 0. The number of Topliss-reactive ketones (excluding diaryl/α,β-unsaturated/α-hetero) is 1. The minimum Gasteiger partial charge on any atom is -0.381 e. The topological polar surface area (TPSA) is 67.4 Å². The van der Waals surface area contributed by atoms with Crippen LogP contribution in [0.5, 0.6) is 0 Å². The maximum atomic E-state index is 15.2. The Bertz CT molecular complexity index is 1040. The van der Waals surface area contributed by atoms with E-state index in [1.54, 1.807) is 0 Å². The highest BCUT2D eigenvalue weighted by Crippen LogP contribution is 2.41. The average Bonchev–Trinajstić information content (AvgIpc) is 2.75. The average molecular weight is 450 g/mol. The van der Waals surface area contributed by atoms with Crippen molar-refractivity contribution in [1.82, 2.24) is 5.32 Å². The Hall–Kier alpha value is -2.78. The molecule has 9 heteroatoms. The Morgan fingerprint density at radius 1 is 1.03 bits per heavy atom. The number of ether oxygens (including phenoxy) is 1. The van der Waals surface area contributed by atoms with Gasteiger partial charge in [-0.3, -0.25) is 9.59 Å². The molecule has 1 amide bonds. The predicted octanol–water partition coefficient (Wildman–Crippen LogP) is 3.67. The standard InChI is InChI=1S/C23H22F4N2O3/c1-12-6-16(3-5-18(12)24)29-22(31)13-2-4-19(25)17(7-13)23(26,27)21(30)20-14-8-28-9-15(20)11-32-10-14/h2-7,14-15,20,28H,8-11H2,1H3,(H,29,31). The number of ketones is 1. The quantitative estimate of drug-likeness (QED) is 0.683. The molecular weight excluding hydrogens is 428 g/mol. The van der Waals surface area contributed by atoms with Crippen molar-refractivity contribution >= 4 is 17.4 Å². The van der Waals surface area contributed by atoms with Gasteiger partial charge in [0.2, 0.25) is 5.78 Å². The molecule has 2 saturated heterocycles. The van der Waals surface area contributed by atoms with Gasteiger partial charge < -0.3 is 15.4 Å². The van der Waals surface area contributed by atoms with Crippen molar-refractivity contribution in [3.8, 4) is 0 Å². The van der Waals surface area contributed by atoms with E-state index in [9.17, 15) is 18.4 Å². The highest BCUT2D eigenvalue weighted by atomic mass is 19.3. The zero-order valence-electron chi connectivity index (χ0n) is 17.3. The van der Waals surface area contributed by atoms with Crippen molar-refractivity contribution in [3.63, 3.8) is 0 Å². The van der Waals surface area contributed by atoms with E-state index >= 15 is 8.78 Å². The summed E-state index contributed by atoms with van der Waals surface area (Å²) in [4.78, 5) is 25.4. The molecule has 0 spiro atoms. The van der Waals surface area contributed by atoms with E-state index < -0.39 is 52.6 Å². The lowest BCUT2D eigenvalue weighted by atomic mass is 9.72. The number of hydrogen-bond acceptors (Lipinski definition) is 4. The molecule has 4 rings (SSSR count).